The van der Waals surface area contributed by atoms with E-state index in [1.165, 1.54) is 89.9 Å². The molecular weight excluding hydrogens is 779 g/mol. The van der Waals surface area contributed by atoms with Crippen molar-refractivity contribution in [3.05, 3.63) is 85.1 Å². The Morgan fingerprint density at radius 3 is 1.44 bits per heavy atom. The molecule has 63 heavy (non-hydrogen) atoms. The van der Waals surface area contributed by atoms with Gasteiger partial charge in [0.1, 0.15) is 6.10 Å². The van der Waals surface area contributed by atoms with E-state index in [9.17, 15) is 19.8 Å². The van der Waals surface area contributed by atoms with Crippen LogP contribution in [0, 0.1) is 0 Å². The number of carbonyl (C=O) groups is 2. The zero-order valence-electron chi connectivity index (χ0n) is 41.2. The lowest BCUT2D eigenvalue weighted by molar-refractivity contribution is -0.151. The molecule has 6 heteroatoms. The summed E-state index contributed by atoms with van der Waals surface area (Å²) in [6, 6.07) is -0.723. The van der Waals surface area contributed by atoms with Gasteiger partial charge in [-0.15, -0.1) is 0 Å². The van der Waals surface area contributed by atoms with Crippen LogP contribution in [0.4, 0.5) is 0 Å². The van der Waals surface area contributed by atoms with Crippen molar-refractivity contribution in [1.29, 1.82) is 0 Å². The Morgan fingerprint density at radius 1 is 0.492 bits per heavy atom. The summed E-state index contributed by atoms with van der Waals surface area (Å²) in [5.74, 6) is -0.548. The van der Waals surface area contributed by atoms with Gasteiger partial charge in [0.05, 0.1) is 25.2 Å². The van der Waals surface area contributed by atoms with Crippen molar-refractivity contribution in [2.24, 2.45) is 0 Å². The molecule has 3 atom stereocenters. The van der Waals surface area contributed by atoms with Gasteiger partial charge in [0, 0.05) is 6.42 Å². The van der Waals surface area contributed by atoms with Crippen LogP contribution in [-0.4, -0.2) is 46.9 Å². The number of allylic oxidation sites excluding steroid dienone is 14. The number of esters is 1. The van der Waals surface area contributed by atoms with Crippen molar-refractivity contribution in [2.45, 2.75) is 257 Å². The van der Waals surface area contributed by atoms with Crippen LogP contribution in [0.2, 0.25) is 0 Å². The van der Waals surface area contributed by atoms with Gasteiger partial charge in [-0.3, -0.25) is 9.59 Å². The SMILES string of the molecule is CC/C=C/C/C=C/C/C=C/C/C=C/CCCCCC(=O)OC(CCCCC/C=C/C=C/C=C/CCCCCCC)CC(=O)NC(CO)C(O)CCCCCCCCCCCCCC. The molecule has 0 aliphatic heterocycles. The highest BCUT2D eigenvalue weighted by Gasteiger charge is 2.24. The number of nitrogens with one attached hydrogen (secondary N) is 1. The Hall–Kier alpha value is -2.96. The number of aliphatic hydroxyl groups excluding tert-OH is 2. The summed E-state index contributed by atoms with van der Waals surface area (Å²) < 4.78 is 5.91. The molecule has 0 aromatic carbocycles. The maximum absolute atomic E-state index is 13.2. The monoisotopic (exact) mass is 878 g/mol. The van der Waals surface area contributed by atoms with Crippen molar-refractivity contribution in [1.82, 2.24) is 5.32 Å². The van der Waals surface area contributed by atoms with Crippen molar-refractivity contribution in [3.63, 3.8) is 0 Å². The van der Waals surface area contributed by atoms with Crippen LogP contribution >= 0.6 is 0 Å². The molecule has 0 aromatic rings. The lowest BCUT2D eigenvalue weighted by Crippen LogP contribution is -2.46. The van der Waals surface area contributed by atoms with E-state index in [1.807, 2.05) is 0 Å². The minimum Gasteiger partial charge on any atom is -0.462 e. The van der Waals surface area contributed by atoms with Crippen LogP contribution in [0.1, 0.15) is 239 Å². The fourth-order valence-electron chi connectivity index (χ4n) is 7.54. The predicted octanol–water partition coefficient (Wildman–Crippen LogP) is 16.0. The first-order valence-electron chi connectivity index (χ1n) is 26.3. The minimum absolute atomic E-state index is 0.0380. The molecule has 0 spiro atoms. The number of carbonyl (C=O) groups excluding carboxylic acids is 2. The molecule has 3 unspecified atom stereocenters. The van der Waals surface area contributed by atoms with Crippen molar-refractivity contribution in [3.8, 4) is 0 Å². The summed E-state index contributed by atoms with van der Waals surface area (Å²) in [6.07, 6.45) is 64.9. The Bertz CT molecular complexity index is 1210. The Balaban J connectivity index is 4.73. The summed E-state index contributed by atoms with van der Waals surface area (Å²) in [6.45, 7) is 6.33. The normalized spacial score (nSPS) is 13.9. The Labute approximate surface area is 389 Å². The molecule has 0 radical (unpaired) electrons. The molecule has 362 valence electrons. The van der Waals surface area contributed by atoms with Gasteiger partial charge in [-0.2, -0.15) is 0 Å². The molecule has 0 aliphatic carbocycles. The molecule has 0 fully saturated rings. The summed E-state index contributed by atoms with van der Waals surface area (Å²) in [5.41, 5.74) is 0. The number of aliphatic hydroxyl groups is 2. The molecule has 6 nitrogen and oxygen atoms in total. The van der Waals surface area contributed by atoms with Crippen molar-refractivity contribution >= 4 is 11.9 Å². The number of hydrogen-bond donors (Lipinski definition) is 3. The largest absolute Gasteiger partial charge is 0.462 e. The molecule has 0 aliphatic rings. The van der Waals surface area contributed by atoms with Gasteiger partial charge in [-0.05, 0) is 89.9 Å². The first-order valence-corrected chi connectivity index (χ1v) is 26.3. The third-order valence-electron chi connectivity index (χ3n) is 11.5. The second-order valence-corrected chi connectivity index (χ2v) is 17.6. The zero-order chi connectivity index (χ0) is 45.9. The highest BCUT2D eigenvalue weighted by molar-refractivity contribution is 5.77. The van der Waals surface area contributed by atoms with Gasteiger partial charge in [-0.1, -0.05) is 221 Å². The maximum atomic E-state index is 13.2. The number of unbranched alkanes of at least 4 members (excludes halogenated alkanes) is 22. The predicted molar refractivity (Wildman–Crippen MR) is 273 cm³/mol. The van der Waals surface area contributed by atoms with Crippen LogP contribution in [0.25, 0.3) is 0 Å². The van der Waals surface area contributed by atoms with Gasteiger partial charge >= 0.3 is 5.97 Å². The van der Waals surface area contributed by atoms with Gasteiger partial charge in [0.15, 0.2) is 0 Å². The third-order valence-corrected chi connectivity index (χ3v) is 11.5. The summed E-state index contributed by atoms with van der Waals surface area (Å²) in [7, 11) is 0. The van der Waals surface area contributed by atoms with Crippen LogP contribution in [-0.2, 0) is 14.3 Å². The van der Waals surface area contributed by atoms with Crippen LogP contribution in [0.5, 0.6) is 0 Å². The molecule has 0 heterocycles. The lowest BCUT2D eigenvalue weighted by atomic mass is 10.0. The van der Waals surface area contributed by atoms with E-state index in [4.69, 9.17) is 4.74 Å². The maximum Gasteiger partial charge on any atom is 0.306 e. The number of rotatable bonds is 46. The highest BCUT2D eigenvalue weighted by Crippen LogP contribution is 2.17. The van der Waals surface area contributed by atoms with Gasteiger partial charge in [0.25, 0.3) is 0 Å². The van der Waals surface area contributed by atoms with Gasteiger partial charge < -0.3 is 20.3 Å². The molecule has 0 bridgehead atoms. The van der Waals surface area contributed by atoms with Gasteiger partial charge in [-0.25, -0.2) is 0 Å². The van der Waals surface area contributed by atoms with Gasteiger partial charge in [0.2, 0.25) is 5.91 Å². The van der Waals surface area contributed by atoms with E-state index in [0.717, 1.165) is 103 Å². The van der Waals surface area contributed by atoms with Crippen molar-refractivity contribution < 1.29 is 24.5 Å². The summed E-state index contributed by atoms with van der Waals surface area (Å²) in [4.78, 5) is 26.2. The lowest BCUT2D eigenvalue weighted by Gasteiger charge is -2.24. The molecule has 3 N–H and O–H groups in total. The number of ether oxygens (including phenoxy) is 1. The van der Waals surface area contributed by atoms with E-state index in [1.54, 1.807) is 0 Å². The van der Waals surface area contributed by atoms with Crippen LogP contribution < -0.4 is 5.32 Å². The van der Waals surface area contributed by atoms with E-state index < -0.39 is 18.2 Å². The smallest absolute Gasteiger partial charge is 0.306 e. The van der Waals surface area contributed by atoms with E-state index >= 15 is 0 Å². The molecule has 0 rings (SSSR count). The van der Waals surface area contributed by atoms with E-state index in [0.29, 0.717) is 19.3 Å². The molecular formula is C57H99NO5. The minimum atomic E-state index is -0.806. The average molecular weight is 878 g/mol. The zero-order valence-corrected chi connectivity index (χ0v) is 41.2. The molecule has 1 amide bonds. The third kappa shape index (κ3) is 45.4. The Kier molecular flexibility index (Phi) is 47.7. The number of amides is 1. The average Bonchev–Trinajstić information content (AvgIpc) is 3.28. The molecule has 0 aromatic heterocycles. The standard InChI is InChI=1S/C57H99NO5/c1-4-7-10-13-16-19-22-25-27-29-31-33-36-39-42-45-48-53(63-57(62)50-47-44-41-38-35-32-30-28-26-23-20-17-14-11-8-5-2)51-56(61)58-54(52-59)55(60)49-46-43-40-37-34-24-21-18-15-12-9-6-3/h8,11,17,20,22,25-29,31-33,35,53-55,59-60H,4-7,9-10,12-16,18-19,21,23-24,30,34,36-52H2,1-3H3,(H,58,61)/b11-8+,20-17+,25-22+,28-26+,29-27+,33-31+,35-32+. The first kappa shape index (κ1) is 60.0. The van der Waals surface area contributed by atoms with Crippen molar-refractivity contribution in [2.75, 3.05) is 6.61 Å². The fourth-order valence-corrected chi connectivity index (χ4v) is 7.54. The molecule has 0 saturated heterocycles. The summed E-state index contributed by atoms with van der Waals surface area (Å²) in [5, 5.41) is 23.8. The highest BCUT2D eigenvalue weighted by atomic mass is 16.5. The summed E-state index contributed by atoms with van der Waals surface area (Å²) >= 11 is 0. The van der Waals surface area contributed by atoms with Crippen LogP contribution in [0.3, 0.4) is 0 Å². The van der Waals surface area contributed by atoms with E-state index in [2.05, 4.69) is 111 Å². The quantitative estimate of drug-likeness (QED) is 0.0245. The topological polar surface area (TPSA) is 95.9 Å². The van der Waals surface area contributed by atoms with E-state index in [-0.39, 0.29) is 24.9 Å². The first-order chi connectivity index (χ1) is 31.0. The Morgan fingerprint density at radius 2 is 0.921 bits per heavy atom. The fraction of sp³-hybridized carbons (Fsp3) is 0.719. The van der Waals surface area contributed by atoms with Crippen LogP contribution in [0.15, 0.2) is 85.1 Å². The second kappa shape index (κ2) is 50.0. The molecule has 0 saturated carbocycles. The number of hydrogen-bond acceptors (Lipinski definition) is 5. The second-order valence-electron chi connectivity index (χ2n) is 17.6.